The summed E-state index contributed by atoms with van der Waals surface area (Å²) in [6.07, 6.45) is 3.65. The highest BCUT2D eigenvalue weighted by Crippen LogP contribution is 2.27. The van der Waals surface area contributed by atoms with Crippen molar-refractivity contribution in [2.75, 3.05) is 6.61 Å². The minimum absolute atomic E-state index is 0.0880. The van der Waals surface area contributed by atoms with Gasteiger partial charge in [0.25, 0.3) is 6.23 Å². The normalized spacial score (nSPS) is 12.5. The summed E-state index contributed by atoms with van der Waals surface area (Å²) >= 11 is 0. The predicted molar refractivity (Wildman–Crippen MR) is 86.3 cm³/mol. The predicted octanol–water partition coefficient (Wildman–Crippen LogP) is 3.04. The first kappa shape index (κ1) is 16.7. The van der Waals surface area contributed by atoms with Gasteiger partial charge in [-0.15, -0.1) is 0 Å². The van der Waals surface area contributed by atoms with Crippen LogP contribution in [0.1, 0.15) is 27.0 Å². The molecular formula is C17H21N3O3. The smallest absolute Gasteiger partial charge is 0.252 e. The number of aromatic nitrogens is 3. The summed E-state index contributed by atoms with van der Waals surface area (Å²) in [7, 11) is 0. The van der Waals surface area contributed by atoms with E-state index >= 15 is 0 Å². The minimum Gasteiger partial charge on any atom is -0.490 e. The Morgan fingerprint density at radius 3 is 2.48 bits per heavy atom. The molecule has 0 fully saturated rings. The van der Waals surface area contributed by atoms with Crippen LogP contribution in [0.5, 0.6) is 11.5 Å². The number of ketones is 1. The number of Topliss-reactive ketones (excluding diaryl/α,β-unsaturated/α-hetero) is 1. The van der Waals surface area contributed by atoms with Crippen molar-refractivity contribution in [1.29, 1.82) is 0 Å². The molecule has 122 valence electrons. The molecule has 6 nitrogen and oxygen atoms in total. The summed E-state index contributed by atoms with van der Waals surface area (Å²) in [5, 5.41) is 4.03. The van der Waals surface area contributed by atoms with Crippen LogP contribution in [0.3, 0.4) is 0 Å². The second kappa shape index (κ2) is 7.09. The Bertz CT molecular complexity index is 643. The minimum atomic E-state index is -0.863. The molecular weight excluding hydrogens is 294 g/mol. The summed E-state index contributed by atoms with van der Waals surface area (Å²) in [5.41, 5.74) is -0.566. The zero-order valence-electron chi connectivity index (χ0n) is 13.6. The number of hydrogen-bond acceptors (Lipinski definition) is 5. The summed E-state index contributed by atoms with van der Waals surface area (Å²) < 4.78 is 12.7. The van der Waals surface area contributed by atoms with Gasteiger partial charge in [-0.05, 0) is 24.3 Å². The van der Waals surface area contributed by atoms with Gasteiger partial charge in [0.15, 0.2) is 0 Å². The highest BCUT2D eigenvalue weighted by atomic mass is 16.5. The Hall–Kier alpha value is -2.63. The Morgan fingerprint density at radius 2 is 1.96 bits per heavy atom. The first-order valence-corrected chi connectivity index (χ1v) is 7.30. The van der Waals surface area contributed by atoms with Crippen molar-refractivity contribution >= 4 is 5.78 Å². The van der Waals surface area contributed by atoms with E-state index in [1.807, 2.05) is 20.8 Å². The lowest BCUT2D eigenvalue weighted by Crippen LogP contribution is -2.34. The molecule has 0 saturated heterocycles. The molecule has 0 aliphatic carbocycles. The highest BCUT2D eigenvalue weighted by molar-refractivity contribution is 5.86. The molecule has 23 heavy (non-hydrogen) atoms. The molecule has 0 radical (unpaired) electrons. The van der Waals surface area contributed by atoms with Gasteiger partial charge in [0.05, 0.1) is 0 Å². The zero-order valence-corrected chi connectivity index (χ0v) is 13.6. The van der Waals surface area contributed by atoms with Gasteiger partial charge < -0.3 is 9.47 Å². The van der Waals surface area contributed by atoms with Crippen LogP contribution in [0.15, 0.2) is 49.6 Å². The van der Waals surface area contributed by atoms with Gasteiger partial charge in [-0.1, -0.05) is 33.4 Å². The molecule has 6 heteroatoms. The van der Waals surface area contributed by atoms with Crippen molar-refractivity contribution in [3.63, 3.8) is 0 Å². The fraction of sp³-hybridized carbons (Fsp3) is 0.353. The first-order valence-electron chi connectivity index (χ1n) is 7.30. The van der Waals surface area contributed by atoms with Crippen LogP contribution in [-0.2, 0) is 4.79 Å². The van der Waals surface area contributed by atoms with Gasteiger partial charge in [-0.25, -0.2) is 9.67 Å². The van der Waals surface area contributed by atoms with Gasteiger partial charge in [0, 0.05) is 5.41 Å². The fourth-order valence-electron chi connectivity index (χ4n) is 1.84. The highest BCUT2D eigenvalue weighted by Gasteiger charge is 2.33. The van der Waals surface area contributed by atoms with Crippen LogP contribution in [-0.4, -0.2) is 27.2 Å². The Balaban J connectivity index is 2.18. The number of nitrogens with zero attached hydrogens (tertiary/aromatic N) is 3. The Kier molecular flexibility index (Phi) is 5.16. The van der Waals surface area contributed by atoms with Gasteiger partial charge >= 0.3 is 0 Å². The largest absolute Gasteiger partial charge is 0.490 e. The van der Waals surface area contributed by atoms with Crippen molar-refractivity contribution in [2.24, 2.45) is 5.41 Å². The average Bonchev–Trinajstić information content (AvgIpc) is 3.04. The lowest BCUT2D eigenvalue weighted by Gasteiger charge is -2.25. The molecule has 0 saturated carbocycles. The van der Waals surface area contributed by atoms with E-state index in [4.69, 9.17) is 9.47 Å². The van der Waals surface area contributed by atoms with E-state index in [1.54, 1.807) is 30.3 Å². The maximum atomic E-state index is 12.6. The molecule has 1 aromatic heterocycles. The third kappa shape index (κ3) is 4.42. The van der Waals surface area contributed by atoms with Crippen molar-refractivity contribution in [2.45, 2.75) is 27.0 Å². The number of carbonyl (C=O) groups excluding carboxylic acids is 1. The quantitative estimate of drug-likeness (QED) is 0.735. The first-order chi connectivity index (χ1) is 10.9. The second-order valence-corrected chi connectivity index (χ2v) is 6.03. The molecule has 1 atom stereocenters. The van der Waals surface area contributed by atoms with Gasteiger partial charge in [0.2, 0.25) is 5.78 Å². The second-order valence-electron chi connectivity index (χ2n) is 6.03. The molecule has 0 N–H and O–H groups in total. The molecule has 1 aromatic carbocycles. The third-order valence-electron chi connectivity index (χ3n) is 3.08. The van der Waals surface area contributed by atoms with E-state index in [0.29, 0.717) is 18.1 Å². The zero-order chi connectivity index (χ0) is 16.9. The van der Waals surface area contributed by atoms with Crippen LogP contribution in [0.4, 0.5) is 0 Å². The van der Waals surface area contributed by atoms with Gasteiger partial charge in [-0.2, -0.15) is 5.10 Å². The van der Waals surface area contributed by atoms with Crippen molar-refractivity contribution in [1.82, 2.24) is 14.8 Å². The number of carbonyl (C=O) groups is 1. The standard InChI is InChI=1S/C17H21N3O3/c1-5-10-22-13-6-8-14(9-7-13)23-16(15(21)17(2,3)4)20-12-18-11-19-20/h5-9,11-12,16H,1,10H2,2-4H3. The molecule has 2 rings (SSSR count). The van der Waals surface area contributed by atoms with E-state index in [-0.39, 0.29) is 5.78 Å². The lowest BCUT2D eigenvalue weighted by molar-refractivity contribution is -0.138. The third-order valence-corrected chi connectivity index (χ3v) is 3.08. The maximum absolute atomic E-state index is 12.6. The van der Waals surface area contributed by atoms with Crippen LogP contribution in [0.25, 0.3) is 0 Å². The van der Waals surface area contributed by atoms with Crippen LogP contribution >= 0.6 is 0 Å². The van der Waals surface area contributed by atoms with E-state index in [1.165, 1.54) is 17.3 Å². The van der Waals surface area contributed by atoms with Crippen molar-refractivity contribution < 1.29 is 14.3 Å². The summed E-state index contributed by atoms with van der Waals surface area (Å²) in [4.78, 5) is 16.5. The Labute approximate surface area is 135 Å². The molecule has 0 spiro atoms. The van der Waals surface area contributed by atoms with Gasteiger partial charge in [-0.3, -0.25) is 4.79 Å². The van der Waals surface area contributed by atoms with Crippen LogP contribution in [0, 0.1) is 5.41 Å². The van der Waals surface area contributed by atoms with Crippen LogP contribution in [0.2, 0.25) is 0 Å². The van der Waals surface area contributed by atoms with Crippen molar-refractivity contribution in [3.8, 4) is 11.5 Å². The van der Waals surface area contributed by atoms with E-state index in [0.717, 1.165) is 0 Å². The monoisotopic (exact) mass is 315 g/mol. The van der Waals surface area contributed by atoms with Crippen molar-refractivity contribution in [3.05, 3.63) is 49.6 Å². The molecule has 0 aliphatic heterocycles. The molecule has 0 amide bonds. The number of benzene rings is 1. The molecule has 2 aromatic rings. The summed E-state index contributed by atoms with van der Waals surface area (Å²) in [6, 6.07) is 7.05. The lowest BCUT2D eigenvalue weighted by atomic mass is 9.90. The number of ether oxygens (including phenoxy) is 2. The summed E-state index contributed by atoms with van der Waals surface area (Å²) in [6.45, 7) is 9.56. The fourth-order valence-corrected chi connectivity index (χ4v) is 1.84. The van der Waals surface area contributed by atoms with E-state index in [2.05, 4.69) is 16.7 Å². The SMILES string of the molecule is C=CCOc1ccc(OC(C(=O)C(C)(C)C)n2cncn2)cc1. The number of hydrogen-bond donors (Lipinski definition) is 0. The Morgan fingerprint density at radius 1 is 1.30 bits per heavy atom. The molecule has 1 heterocycles. The molecule has 1 unspecified atom stereocenters. The number of rotatable bonds is 7. The molecule has 0 aliphatic rings. The van der Waals surface area contributed by atoms with Gasteiger partial charge in [0.1, 0.15) is 30.8 Å². The summed E-state index contributed by atoms with van der Waals surface area (Å²) in [5.74, 6) is 1.17. The topological polar surface area (TPSA) is 66.2 Å². The van der Waals surface area contributed by atoms with Crippen LogP contribution < -0.4 is 9.47 Å². The van der Waals surface area contributed by atoms with E-state index < -0.39 is 11.6 Å². The van der Waals surface area contributed by atoms with E-state index in [9.17, 15) is 4.79 Å². The molecule has 0 bridgehead atoms. The average molecular weight is 315 g/mol. The maximum Gasteiger partial charge on any atom is 0.252 e.